The first kappa shape index (κ1) is 34.8. The number of nitrogens with one attached hydrogen (secondary N) is 2. The number of hydrogen-bond donors (Lipinski definition) is 3. The number of benzene rings is 1. The average Bonchev–Trinajstić information content (AvgIpc) is 2.85. The Balaban J connectivity index is 2.68. The van der Waals surface area contributed by atoms with Crippen molar-refractivity contribution in [2.45, 2.75) is 84.1 Å². The molecule has 40 heavy (non-hydrogen) atoms. The molecule has 0 fully saturated rings. The molecule has 2 amide bonds. The minimum Gasteiger partial charge on any atom is -0.410 e. The number of amides is 2. The van der Waals surface area contributed by atoms with Crippen LogP contribution in [0.2, 0.25) is 0 Å². The SMILES string of the molecule is CC[C@@H](c1cccc(OC(=O)N(C)CCCC(=O)[C@H](CCCCC(=N)N)NC(=O)CC(C)=O)c1)[C@@H](C)CN(C)C. The second-order valence-corrected chi connectivity index (χ2v) is 11.0. The van der Waals surface area contributed by atoms with E-state index in [0.717, 1.165) is 18.5 Å². The first-order valence-corrected chi connectivity index (χ1v) is 14.2. The second kappa shape index (κ2) is 18.1. The van der Waals surface area contributed by atoms with Gasteiger partial charge in [-0.05, 0) is 76.2 Å². The van der Waals surface area contributed by atoms with Crippen molar-refractivity contribution in [2.24, 2.45) is 11.7 Å². The highest BCUT2D eigenvalue weighted by Crippen LogP contribution is 2.30. The van der Waals surface area contributed by atoms with Gasteiger partial charge in [0.25, 0.3) is 0 Å². The van der Waals surface area contributed by atoms with Crippen LogP contribution in [0.5, 0.6) is 5.75 Å². The van der Waals surface area contributed by atoms with Crippen molar-refractivity contribution in [2.75, 3.05) is 34.2 Å². The maximum Gasteiger partial charge on any atom is 0.414 e. The average molecular weight is 560 g/mol. The molecule has 10 nitrogen and oxygen atoms in total. The molecule has 0 radical (unpaired) electrons. The zero-order chi connectivity index (χ0) is 30.2. The Labute approximate surface area is 239 Å². The fourth-order valence-corrected chi connectivity index (χ4v) is 4.86. The van der Waals surface area contributed by atoms with Crippen LogP contribution in [-0.2, 0) is 14.4 Å². The van der Waals surface area contributed by atoms with Crippen molar-refractivity contribution in [1.82, 2.24) is 15.1 Å². The molecule has 0 aromatic heterocycles. The van der Waals surface area contributed by atoms with E-state index in [1.165, 1.54) is 11.8 Å². The summed E-state index contributed by atoms with van der Waals surface area (Å²) >= 11 is 0. The molecule has 0 saturated heterocycles. The molecule has 0 unspecified atom stereocenters. The molecule has 0 aliphatic carbocycles. The lowest BCUT2D eigenvalue weighted by molar-refractivity contribution is -0.131. The molecule has 1 rings (SSSR count). The van der Waals surface area contributed by atoms with E-state index in [0.29, 0.717) is 56.2 Å². The standard InChI is InChI=1S/C30H49N5O5/c1-7-25(21(2)20-34(4)5)23-12-10-13-24(19-23)40-30(39)35(6)17-11-15-27(37)26(14-8-9-16-28(31)32)33-29(38)18-22(3)36/h10,12-13,19,21,25-26H,7-9,11,14-18,20H2,1-6H3,(H3,31,32)(H,33,38)/t21-,25+,26-/m0/s1. The second-order valence-electron chi connectivity index (χ2n) is 11.0. The Morgan fingerprint density at radius 1 is 1.07 bits per heavy atom. The summed E-state index contributed by atoms with van der Waals surface area (Å²) in [7, 11) is 5.75. The Bertz CT molecular complexity index is 996. The Kier molecular flexibility index (Phi) is 15.8. The number of amidine groups is 1. The van der Waals surface area contributed by atoms with Crippen molar-refractivity contribution in [3.05, 3.63) is 29.8 Å². The monoisotopic (exact) mass is 559 g/mol. The van der Waals surface area contributed by atoms with E-state index in [1.807, 2.05) is 12.1 Å². The molecule has 0 aliphatic heterocycles. The molecule has 1 aromatic carbocycles. The lowest BCUT2D eigenvalue weighted by Gasteiger charge is -2.26. The first-order valence-electron chi connectivity index (χ1n) is 14.2. The van der Waals surface area contributed by atoms with Gasteiger partial charge in [0.1, 0.15) is 11.5 Å². The largest absolute Gasteiger partial charge is 0.414 e. The number of rotatable bonds is 19. The fraction of sp³-hybridized carbons (Fsp3) is 0.633. The molecule has 0 aliphatic rings. The molecule has 0 heterocycles. The summed E-state index contributed by atoms with van der Waals surface area (Å²) in [5.41, 5.74) is 6.53. The molecular formula is C30H49N5O5. The van der Waals surface area contributed by atoms with Crippen molar-refractivity contribution in [3.63, 3.8) is 0 Å². The maximum atomic E-state index is 12.9. The van der Waals surface area contributed by atoms with Gasteiger partial charge in [-0.15, -0.1) is 0 Å². The van der Waals surface area contributed by atoms with Gasteiger partial charge in [0.05, 0.1) is 18.3 Å². The lowest BCUT2D eigenvalue weighted by atomic mass is 9.85. The van der Waals surface area contributed by atoms with E-state index in [2.05, 4.69) is 44.2 Å². The number of ketones is 2. The van der Waals surface area contributed by atoms with Crippen LogP contribution in [0.25, 0.3) is 0 Å². The van der Waals surface area contributed by atoms with Gasteiger partial charge >= 0.3 is 6.09 Å². The van der Waals surface area contributed by atoms with Crippen LogP contribution in [-0.4, -0.2) is 79.5 Å². The zero-order valence-electron chi connectivity index (χ0n) is 25.1. The number of ether oxygens (including phenoxy) is 1. The van der Waals surface area contributed by atoms with Gasteiger partial charge in [-0.2, -0.15) is 0 Å². The van der Waals surface area contributed by atoms with E-state index < -0.39 is 18.0 Å². The van der Waals surface area contributed by atoms with Crippen LogP contribution in [0.1, 0.15) is 83.6 Å². The molecule has 10 heteroatoms. The highest BCUT2D eigenvalue weighted by Gasteiger charge is 2.22. The van der Waals surface area contributed by atoms with Crippen LogP contribution >= 0.6 is 0 Å². The summed E-state index contributed by atoms with van der Waals surface area (Å²) in [6, 6.07) is 6.94. The smallest absolute Gasteiger partial charge is 0.410 e. The quantitative estimate of drug-likeness (QED) is 0.100. The predicted octanol–water partition coefficient (Wildman–Crippen LogP) is 4.12. The third-order valence-corrected chi connectivity index (χ3v) is 6.82. The summed E-state index contributed by atoms with van der Waals surface area (Å²) in [6.45, 7) is 6.98. The van der Waals surface area contributed by atoms with Crippen LogP contribution in [0.4, 0.5) is 4.79 Å². The minimum absolute atomic E-state index is 0.0780. The van der Waals surface area contributed by atoms with E-state index in [4.69, 9.17) is 15.9 Å². The normalized spacial score (nSPS) is 13.3. The Morgan fingerprint density at radius 3 is 2.38 bits per heavy atom. The van der Waals surface area contributed by atoms with Gasteiger partial charge in [0.15, 0.2) is 5.78 Å². The topological polar surface area (TPSA) is 146 Å². The fourth-order valence-electron chi connectivity index (χ4n) is 4.86. The van der Waals surface area contributed by atoms with Crippen LogP contribution < -0.4 is 15.8 Å². The summed E-state index contributed by atoms with van der Waals surface area (Å²) in [5.74, 6) is 0.425. The number of hydrogen-bond acceptors (Lipinski definition) is 7. The van der Waals surface area contributed by atoms with Gasteiger partial charge in [-0.1, -0.05) is 32.4 Å². The summed E-state index contributed by atoms with van der Waals surface area (Å²) in [5, 5.41) is 9.99. The molecule has 0 saturated carbocycles. The Hall–Kier alpha value is -3.27. The Morgan fingerprint density at radius 2 is 1.77 bits per heavy atom. The van der Waals surface area contributed by atoms with Gasteiger partial charge in [0.2, 0.25) is 5.91 Å². The van der Waals surface area contributed by atoms with Crippen molar-refractivity contribution >= 4 is 29.4 Å². The van der Waals surface area contributed by atoms with Crippen LogP contribution in [0.15, 0.2) is 24.3 Å². The van der Waals surface area contributed by atoms with Gasteiger partial charge in [0, 0.05) is 33.0 Å². The zero-order valence-corrected chi connectivity index (χ0v) is 25.1. The van der Waals surface area contributed by atoms with E-state index >= 15 is 0 Å². The summed E-state index contributed by atoms with van der Waals surface area (Å²) in [4.78, 5) is 52.6. The molecule has 4 N–H and O–H groups in total. The molecule has 3 atom stereocenters. The van der Waals surface area contributed by atoms with Crippen molar-refractivity contribution < 1.29 is 23.9 Å². The van der Waals surface area contributed by atoms with Crippen LogP contribution in [0.3, 0.4) is 0 Å². The summed E-state index contributed by atoms with van der Waals surface area (Å²) < 4.78 is 5.63. The third kappa shape index (κ3) is 13.7. The highest BCUT2D eigenvalue weighted by atomic mass is 16.6. The number of unbranched alkanes of at least 4 members (excludes halogenated alkanes) is 1. The molecule has 1 aromatic rings. The van der Waals surface area contributed by atoms with Crippen LogP contribution in [0, 0.1) is 11.3 Å². The maximum absolute atomic E-state index is 12.9. The van der Waals surface area contributed by atoms with Crippen molar-refractivity contribution in [3.8, 4) is 5.75 Å². The molecule has 224 valence electrons. The van der Waals surface area contributed by atoms with E-state index in [9.17, 15) is 19.2 Å². The van der Waals surface area contributed by atoms with Gasteiger partial charge < -0.3 is 25.6 Å². The number of carbonyl (C=O) groups excluding carboxylic acids is 4. The number of nitrogens with two attached hydrogens (primary N) is 1. The predicted molar refractivity (Wildman–Crippen MR) is 158 cm³/mol. The summed E-state index contributed by atoms with van der Waals surface area (Å²) in [6.07, 6.45) is 2.81. The molecule has 0 spiro atoms. The lowest BCUT2D eigenvalue weighted by Crippen LogP contribution is -2.41. The molecular weight excluding hydrogens is 510 g/mol. The molecule has 0 bridgehead atoms. The number of carbonyl (C=O) groups is 4. The van der Waals surface area contributed by atoms with Gasteiger partial charge in [-0.25, -0.2) is 4.79 Å². The van der Waals surface area contributed by atoms with Gasteiger partial charge in [-0.3, -0.25) is 19.8 Å². The minimum atomic E-state index is -0.722. The third-order valence-electron chi connectivity index (χ3n) is 6.82. The highest BCUT2D eigenvalue weighted by molar-refractivity contribution is 5.98. The van der Waals surface area contributed by atoms with E-state index in [1.54, 1.807) is 13.1 Å². The van der Waals surface area contributed by atoms with E-state index in [-0.39, 0.29) is 30.2 Å². The number of Topliss-reactive ketones (excluding diaryl/α,β-unsaturated/α-hetero) is 2. The number of nitrogens with zero attached hydrogens (tertiary/aromatic N) is 2. The first-order chi connectivity index (χ1) is 18.8. The van der Waals surface area contributed by atoms with Crippen molar-refractivity contribution in [1.29, 1.82) is 5.41 Å².